The van der Waals surface area contributed by atoms with Crippen LogP contribution in [0, 0.1) is 0 Å². The minimum Gasteiger partial charge on any atom is -0.477 e. The predicted octanol–water partition coefficient (Wildman–Crippen LogP) is 25.0. The van der Waals surface area contributed by atoms with Crippen molar-refractivity contribution in [3.63, 3.8) is 0 Å². The van der Waals surface area contributed by atoms with E-state index in [2.05, 4.69) is 74.6 Å². The second-order valence-electron chi connectivity index (χ2n) is 28.0. The van der Waals surface area contributed by atoms with Crippen molar-refractivity contribution in [1.82, 2.24) is 0 Å². The maximum absolute atomic E-state index is 13.0. The number of nitrogens with zero attached hydrogens (tertiary/aromatic N) is 1. The number of carboxylic acids is 1. The molecule has 0 aliphatic rings. The van der Waals surface area contributed by atoms with Crippen LogP contribution in [0.3, 0.4) is 0 Å². The van der Waals surface area contributed by atoms with Gasteiger partial charge in [-0.25, -0.2) is 4.79 Å². The number of allylic oxidation sites excluding steroid dienone is 10. The molecule has 0 fully saturated rings. The van der Waals surface area contributed by atoms with E-state index in [4.69, 9.17) is 18.9 Å². The molecule has 0 spiro atoms. The van der Waals surface area contributed by atoms with Crippen LogP contribution in [0.15, 0.2) is 60.8 Å². The van der Waals surface area contributed by atoms with Crippen LogP contribution in [0.25, 0.3) is 0 Å². The van der Waals surface area contributed by atoms with E-state index >= 15 is 0 Å². The van der Waals surface area contributed by atoms with Gasteiger partial charge in [0.05, 0.1) is 34.4 Å². The van der Waals surface area contributed by atoms with E-state index in [1.54, 1.807) is 0 Å². The summed E-state index contributed by atoms with van der Waals surface area (Å²) in [6.07, 6.45) is 93.7. The maximum Gasteiger partial charge on any atom is 0.361 e. The first-order chi connectivity index (χ1) is 44.6. The van der Waals surface area contributed by atoms with Gasteiger partial charge in [0.15, 0.2) is 6.10 Å². The fraction of sp³-hybridized carbons (Fsp3) is 0.841. The number of rotatable bonds is 74. The molecule has 9 nitrogen and oxygen atoms in total. The highest BCUT2D eigenvalue weighted by molar-refractivity contribution is 5.71. The smallest absolute Gasteiger partial charge is 0.361 e. The average molecular weight is 1280 g/mol. The molecule has 2 atom stereocenters. The van der Waals surface area contributed by atoms with Gasteiger partial charge in [-0.15, -0.1) is 0 Å². The Morgan fingerprint density at radius 3 is 0.879 bits per heavy atom. The van der Waals surface area contributed by atoms with Crippen LogP contribution < -0.4 is 0 Å². The van der Waals surface area contributed by atoms with Crippen LogP contribution in [0.4, 0.5) is 0 Å². The molecule has 91 heavy (non-hydrogen) atoms. The SMILES string of the molecule is CCCCCCC/C=C\C/C=C\C/C=C\CCCCCCCCCCCCCCCCCCCCC(=O)OC(COC(=O)CCCCCCCCCCCCCCCCCCCCCCC/C=C\C/C=C\CCCCCCC)COC(OCC[N+](C)(C)C)C(=O)O. The topological polar surface area (TPSA) is 108 Å². The van der Waals surface area contributed by atoms with Gasteiger partial charge in [0.25, 0.3) is 6.29 Å². The quantitative estimate of drug-likeness (QED) is 0.0211. The van der Waals surface area contributed by atoms with E-state index in [0.717, 1.165) is 57.8 Å². The van der Waals surface area contributed by atoms with Gasteiger partial charge in [0.2, 0.25) is 0 Å². The lowest BCUT2D eigenvalue weighted by atomic mass is 10.0. The van der Waals surface area contributed by atoms with Crippen molar-refractivity contribution in [3.05, 3.63) is 60.8 Å². The third-order valence-electron chi connectivity index (χ3n) is 17.7. The Balaban J connectivity index is 4.00. The van der Waals surface area contributed by atoms with E-state index < -0.39 is 18.4 Å². The number of likely N-dealkylation sites (N-methyl/N-ethyl adjacent to an activating group) is 1. The van der Waals surface area contributed by atoms with Gasteiger partial charge >= 0.3 is 17.9 Å². The fourth-order valence-corrected chi connectivity index (χ4v) is 11.7. The minimum atomic E-state index is -1.51. The lowest BCUT2D eigenvalue weighted by Crippen LogP contribution is -2.40. The Morgan fingerprint density at radius 1 is 0.330 bits per heavy atom. The van der Waals surface area contributed by atoms with Crippen LogP contribution in [0.1, 0.15) is 386 Å². The Hall–Kier alpha value is -3.01. The summed E-state index contributed by atoms with van der Waals surface area (Å²) in [6, 6.07) is 0. The predicted molar refractivity (Wildman–Crippen MR) is 392 cm³/mol. The monoisotopic (exact) mass is 1280 g/mol. The summed E-state index contributed by atoms with van der Waals surface area (Å²) in [5, 5.41) is 9.77. The van der Waals surface area contributed by atoms with Gasteiger partial charge in [-0.1, -0.05) is 351 Å². The van der Waals surface area contributed by atoms with Crippen LogP contribution >= 0.6 is 0 Å². The Morgan fingerprint density at radius 2 is 0.593 bits per heavy atom. The molecule has 2 unspecified atom stereocenters. The molecule has 532 valence electrons. The molecule has 0 heterocycles. The summed E-state index contributed by atoms with van der Waals surface area (Å²) >= 11 is 0. The van der Waals surface area contributed by atoms with Gasteiger partial charge in [-0.3, -0.25) is 9.59 Å². The third-order valence-corrected chi connectivity index (χ3v) is 17.7. The molecule has 0 aliphatic carbocycles. The number of quaternary nitrogens is 1. The van der Waals surface area contributed by atoms with E-state index in [1.807, 2.05) is 21.1 Å². The number of esters is 2. The molecule has 1 N–H and O–H groups in total. The first kappa shape index (κ1) is 88.0. The molecule has 0 radical (unpaired) electrons. The molecule has 0 bridgehead atoms. The molecule has 9 heteroatoms. The highest BCUT2D eigenvalue weighted by atomic mass is 16.7. The maximum atomic E-state index is 13.0. The van der Waals surface area contributed by atoms with Gasteiger partial charge in [0, 0.05) is 12.8 Å². The lowest BCUT2D eigenvalue weighted by Gasteiger charge is -2.25. The molecular weight excluding hydrogens is 1130 g/mol. The second-order valence-corrected chi connectivity index (χ2v) is 28.0. The Kier molecular flexibility index (Phi) is 70.4. The number of aliphatic carboxylic acids is 1. The van der Waals surface area contributed by atoms with E-state index in [0.29, 0.717) is 17.4 Å². The number of carbonyl (C=O) groups is 3. The second kappa shape index (κ2) is 72.8. The molecule has 0 amide bonds. The van der Waals surface area contributed by atoms with Crippen LogP contribution in [-0.4, -0.2) is 87.4 Å². The van der Waals surface area contributed by atoms with Crippen LogP contribution in [0.2, 0.25) is 0 Å². The van der Waals surface area contributed by atoms with Crippen molar-refractivity contribution in [2.24, 2.45) is 0 Å². The van der Waals surface area contributed by atoms with Crippen molar-refractivity contribution in [3.8, 4) is 0 Å². The van der Waals surface area contributed by atoms with Crippen LogP contribution in [-0.2, 0) is 33.3 Å². The zero-order chi connectivity index (χ0) is 66.1. The summed E-state index contributed by atoms with van der Waals surface area (Å²) in [5.41, 5.74) is 0. The van der Waals surface area contributed by atoms with Crippen molar-refractivity contribution in [1.29, 1.82) is 0 Å². The normalized spacial score (nSPS) is 12.9. The highest BCUT2D eigenvalue weighted by Gasteiger charge is 2.25. The van der Waals surface area contributed by atoms with E-state index in [-0.39, 0.29) is 38.2 Å². The molecule has 0 aliphatic heterocycles. The molecule has 0 aromatic heterocycles. The number of hydrogen-bond donors (Lipinski definition) is 1. The molecule has 0 aromatic rings. The lowest BCUT2D eigenvalue weighted by molar-refractivity contribution is -0.870. The molecule has 0 saturated heterocycles. The zero-order valence-corrected chi connectivity index (χ0v) is 61.0. The summed E-state index contributed by atoms with van der Waals surface area (Å²) in [5.74, 6) is -1.98. The van der Waals surface area contributed by atoms with Crippen molar-refractivity contribution >= 4 is 17.9 Å². The first-order valence-electron chi connectivity index (χ1n) is 39.5. The van der Waals surface area contributed by atoms with Gasteiger partial charge in [-0.2, -0.15) is 0 Å². The van der Waals surface area contributed by atoms with Gasteiger partial charge in [-0.05, 0) is 83.5 Å². The molecule has 0 rings (SSSR count). The Labute approximate surface area is 565 Å². The fourth-order valence-electron chi connectivity index (χ4n) is 11.7. The largest absolute Gasteiger partial charge is 0.477 e. The number of hydrogen-bond acceptors (Lipinski definition) is 7. The molecule has 0 aromatic carbocycles. The number of ether oxygens (including phenoxy) is 4. The van der Waals surface area contributed by atoms with E-state index in [9.17, 15) is 19.5 Å². The van der Waals surface area contributed by atoms with Crippen molar-refractivity contribution in [2.75, 3.05) is 47.5 Å². The summed E-state index contributed by atoms with van der Waals surface area (Å²) in [6.45, 7) is 4.92. The minimum absolute atomic E-state index is 0.178. The standard InChI is InChI=1S/C82H151NO8/c1-6-8-10-12-14-16-18-20-22-24-26-28-30-32-34-36-38-40-42-44-46-48-50-52-54-56-58-60-62-64-66-68-70-72-79(84)89-76-78(77-90-82(81(86)87)88-75-74-83(3,4)5)91-80(85)73-71-69-67-65-63-61-59-57-55-53-51-49-47-45-43-41-39-37-35-33-31-29-27-25-23-21-19-17-15-13-11-9-7-2/h18-21,24-27,31,33,78,82H,6-17,22-23,28-30,32,34-77H2,1-5H3/p+1/b20-18-,21-19-,26-24-,27-25-,33-31-. The Bertz CT molecular complexity index is 1680. The summed E-state index contributed by atoms with van der Waals surface area (Å²) < 4.78 is 23.1. The number of carbonyl (C=O) groups excluding carboxylic acids is 2. The van der Waals surface area contributed by atoms with E-state index in [1.165, 1.54) is 302 Å². The summed E-state index contributed by atoms with van der Waals surface area (Å²) in [4.78, 5) is 37.7. The third kappa shape index (κ3) is 74.3. The van der Waals surface area contributed by atoms with Crippen LogP contribution in [0.5, 0.6) is 0 Å². The van der Waals surface area contributed by atoms with Crippen molar-refractivity contribution in [2.45, 2.75) is 399 Å². The number of unbranched alkanes of at least 4 members (excludes halogenated alkanes) is 49. The first-order valence-corrected chi connectivity index (χ1v) is 39.5. The summed E-state index contributed by atoms with van der Waals surface area (Å²) in [7, 11) is 5.99. The molecule has 0 saturated carbocycles. The molecular formula is C82H152NO8+. The average Bonchev–Trinajstić information content (AvgIpc) is 3.46. The highest BCUT2D eigenvalue weighted by Crippen LogP contribution is 2.19. The van der Waals surface area contributed by atoms with Gasteiger partial charge < -0.3 is 28.5 Å². The number of carboxylic acid groups (broad SMARTS) is 1. The van der Waals surface area contributed by atoms with Crippen molar-refractivity contribution < 1.29 is 42.9 Å². The zero-order valence-electron chi connectivity index (χ0n) is 61.0. The van der Waals surface area contributed by atoms with Gasteiger partial charge in [0.1, 0.15) is 13.2 Å².